The molecule has 0 bridgehead atoms. The van der Waals surface area contributed by atoms with E-state index < -0.39 is 5.82 Å². The average Bonchev–Trinajstić information content (AvgIpc) is 3.19. The number of rotatable bonds is 6. The van der Waals surface area contributed by atoms with E-state index in [0.29, 0.717) is 34.9 Å². The Balaban J connectivity index is 1.69. The predicted molar refractivity (Wildman–Crippen MR) is 117 cm³/mol. The van der Waals surface area contributed by atoms with Gasteiger partial charge in [0, 0.05) is 11.3 Å². The van der Waals surface area contributed by atoms with Crippen LogP contribution in [0.15, 0.2) is 72.8 Å². The van der Waals surface area contributed by atoms with Crippen molar-refractivity contribution in [2.45, 2.75) is 13.8 Å². The zero-order valence-corrected chi connectivity index (χ0v) is 17.2. The second-order valence-corrected chi connectivity index (χ2v) is 6.91. The number of carbonyl (C=O) groups is 1. The van der Waals surface area contributed by atoms with Gasteiger partial charge >= 0.3 is 6.01 Å². The number of amides is 1. The van der Waals surface area contributed by atoms with E-state index in [-0.39, 0.29) is 11.9 Å². The number of benzene rings is 3. The highest BCUT2D eigenvalue weighted by molar-refractivity contribution is 6.04. The maximum Gasteiger partial charge on any atom is 0.336 e. The number of ether oxygens (including phenoxy) is 1. The van der Waals surface area contributed by atoms with E-state index in [4.69, 9.17) is 4.74 Å². The van der Waals surface area contributed by atoms with Crippen molar-refractivity contribution in [3.63, 3.8) is 0 Å². The molecule has 0 radical (unpaired) electrons. The van der Waals surface area contributed by atoms with Crippen LogP contribution >= 0.6 is 0 Å². The van der Waals surface area contributed by atoms with Crippen LogP contribution in [0.4, 0.5) is 10.1 Å². The summed E-state index contributed by atoms with van der Waals surface area (Å²) in [4.78, 5) is 16.9. The Kier molecular flexibility index (Phi) is 5.75. The Morgan fingerprint density at radius 1 is 1.06 bits per heavy atom. The van der Waals surface area contributed by atoms with Crippen LogP contribution in [0.5, 0.6) is 6.01 Å². The molecular weight excluding hydrogens is 395 g/mol. The largest absolute Gasteiger partial charge is 0.463 e. The summed E-state index contributed by atoms with van der Waals surface area (Å²) >= 11 is 0. The van der Waals surface area contributed by atoms with Crippen LogP contribution in [0, 0.1) is 12.7 Å². The molecule has 0 aliphatic rings. The van der Waals surface area contributed by atoms with Gasteiger partial charge in [-0.3, -0.25) is 4.79 Å². The number of nitrogens with one attached hydrogen (secondary N) is 1. The molecule has 4 aromatic rings. The molecule has 156 valence electrons. The number of hydrogen-bond acceptors (Lipinski definition) is 4. The molecule has 3 aromatic carbocycles. The third-order valence-corrected chi connectivity index (χ3v) is 4.64. The number of aromatic nitrogens is 3. The molecule has 1 amide bonds. The molecule has 1 N–H and O–H groups in total. The molecule has 4 rings (SSSR count). The normalized spacial score (nSPS) is 10.7. The minimum Gasteiger partial charge on any atom is -0.463 e. The Morgan fingerprint density at radius 3 is 2.58 bits per heavy atom. The van der Waals surface area contributed by atoms with E-state index in [0.717, 1.165) is 5.56 Å². The third-order valence-electron chi connectivity index (χ3n) is 4.64. The maximum atomic E-state index is 14.5. The lowest BCUT2D eigenvalue weighted by Crippen LogP contribution is -2.12. The highest BCUT2D eigenvalue weighted by Gasteiger charge is 2.18. The lowest BCUT2D eigenvalue weighted by molar-refractivity contribution is 0.102. The zero-order chi connectivity index (χ0) is 21.8. The summed E-state index contributed by atoms with van der Waals surface area (Å²) in [5.74, 6) is -0.327. The summed E-state index contributed by atoms with van der Waals surface area (Å²) in [6, 6.07) is 20.9. The minimum absolute atomic E-state index is 0.148. The Labute approximate surface area is 179 Å². The van der Waals surface area contributed by atoms with E-state index in [1.54, 1.807) is 54.6 Å². The number of hydrogen-bond donors (Lipinski definition) is 1. The molecule has 31 heavy (non-hydrogen) atoms. The van der Waals surface area contributed by atoms with Gasteiger partial charge in [-0.05, 0) is 56.3 Å². The first kappa shape index (κ1) is 20.3. The van der Waals surface area contributed by atoms with Crippen LogP contribution in [0.3, 0.4) is 0 Å². The highest BCUT2D eigenvalue weighted by Crippen LogP contribution is 2.27. The monoisotopic (exact) mass is 416 g/mol. The number of halogens is 1. The van der Waals surface area contributed by atoms with Gasteiger partial charge in [-0.15, -0.1) is 5.10 Å². The Bertz CT molecular complexity index is 1220. The van der Waals surface area contributed by atoms with E-state index in [1.807, 2.05) is 26.0 Å². The van der Waals surface area contributed by atoms with Crippen LogP contribution in [0.1, 0.15) is 22.8 Å². The number of nitrogens with zero attached hydrogens (tertiary/aromatic N) is 3. The van der Waals surface area contributed by atoms with Gasteiger partial charge in [0.15, 0.2) is 5.82 Å². The SMILES string of the molecule is CCOc1nc(-c2ccccc2F)n(-c2cccc(NC(=O)c3ccc(C)cc3)c2)n1. The van der Waals surface area contributed by atoms with Gasteiger partial charge in [0.1, 0.15) is 5.82 Å². The summed E-state index contributed by atoms with van der Waals surface area (Å²) in [5.41, 5.74) is 3.13. The minimum atomic E-state index is -0.414. The molecule has 7 heteroatoms. The first-order valence-corrected chi connectivity index (χ1v) is 9.88. The molecule has 6 nitrogen and oxygen atoms in total. The van der Waals surface area contributed by atoms with Gasteiger partial charge in [0.25, 0.3) is 5.91 Å². The molecule has 0 saturated carbocycles. The number of carbonyl (C=O) groups excluding carboxylic acids is 1. The van der Waals surface area contributed by atoms with Crippen molar-refractivity contribution < 1.29 is 13.9 Å². The summed E-state index contributed by atoms with van der Waals surface area (Å²) in [7, 11) is 0. The van der Waals surface area contributed by atoms with Crippen molar-refractivity contribution in [3.05, 3.63) is 89.7 Å². The van der Waals surface area contributed by atoms with Crippen molar-refractivity contribution in [2.24, 2.45) is 0 Å². The second-order valence-electron chi connectivity index (χ2n) is 6.91. The molecule has 0 saturated heterocycles. The van der Waals surface area contributed by atoms with E-state index >= 15 is 0 Å². The van der Waals surface area contributed by atoms with Crippen LogP contribution in [0.25, 0.3) is 17.1 Å². The maximum absolute atomic E-state index is 14.5. The molecular formula is C24H21FN4O2. The van der Waals surface area contributed by atoms with Crippen molar-refractivity contribution in [1.29, 1.82) is 0 Å². The van der Waals surface area contributed by atoms with E-state index in [9.17, 15) is 9.18 Å². The van der Waals surface area contributed by atoms with Gasteiger partial charge in [0.05, 0.1) is 17.9 Å². The van der Waals surface area contributed by atoms with E-state index in [1.165, 1.54) is 10.7 Å². The van der Waals surface area contributed by atoms with Gasteiger partial charge in [-0.25, -0.2) is 9.07 Å². The van der Waals surface area contributed by atoms with Crippen molar-refractivity contribution in [1.82, 2.24) is 14.8 Å². The predicted octanol–water partition coefficient (Wildman–Crippen LogP) is 5.03. The van der Waals surface area contributed by atoms with Crippen LogP contribution in [-0.2, 0) is 0 Å². The standard InChI is InChI=1S/C24H21FN4O2/c1-3-31-24-27-22(20-9-4-5-10-21(20)25)29(28-24)19-8-6-7-18(15-19)26-23(30)17-13-11-16(2)12-14-17/h4-15H,3H2,1-2H3,(H,26,30). The summed E-state index contributed by atoms with van der Waals surface area (Å²) < 4.78 is 21.4. The fourth-order valence-corrected chi connectivity index (χ4v) is 3.10. The highest BCUT2D eigenvalue weighted by atomic mass is 19.1. The van der Waals surface area contributed by atoms with Gasteiger partial charge in [0.2, 0.25) is 0 Å². The topological polar surface area (TPSA) is 69.0 Å². The molecule has 0 atom stereocenters. The van der Waals surface area contributed by atoms with Crippen LogP contribution < -0.4 is 10.1 Å². The van der Waals surface area contributed by atoms with Crippen LogP contribution in [-0.4, -0.2) is 27.3 Å². The summed E-state index contributed by atoms with van der Waals surface area (Å²) in [5, 5.41) is 7.26. The van der Waals surface area contributed by atoms with Crippen molar-refractivity contribution in [3.8, 4) is 23.1 Å². The molecule has 0 spiro atoms. The van der Waals surface area contributed by atoms with E-state index in [2.05, 4.69) is 15.4 Å². The Morgan fingerprint density at radius 2 is 1.84 bits per heavy atom. The van der Waals surface area contributed by atoms with Crippen LogP contribution in [0.2, 0.25) is 0 Å². The number of aryl methyl sites for hydroxylation is 1. The molecule has 1 heterocycles. The lowest BCUT2D eigenvalue weighted by Gasteiger charge is -2.10. The second kappa shape index (κ2) is 8.79. The average molecular weight is 416 g/mol. The molecule has 1 aromatic heterocycles. The van der Waals surface area contributed by atoms with Gasteiger partial charge in [-0.1, -0.05) is 35.9 Å². The Hall–Kier alpha value is -4.00. The molecule has 0 aliphatic carbocycles. The van der Waals surface area contributed by atoms with Crippen molar-refractivity contribution >= 4 is 11.6 Å². The number of anilines is 1. The van der Waals surface area contributed by atoms with Gasteiger partial charge < -0.3 is 10.1 Å². The molecule has 0 aliphatic heterocycles. The first-order chi connectivity index (χ1) is 15.0. The lowest BCUT2D eigenvalue weighted by atomic mass is 10.1. The third kappa shape index (κ3) is 4.45. The van der Waals surface area contributed by atoms with Crippen molar-refractivity contribution in [2.75, 3.05) is 11.9 Å². The van der Waals surface area contributed by atoms with Gasteiger partial charge in [-0.2, -0.15) is 4.98 Å². The molecule has 0 unspecified atom stereocenters. The summed E-state index contributed by atoms with van der Waals surface area (Å²) in [6.07, 6.45) is 0. The molecule has 0 fully saturated rings. The summed E-state index contributed by atoms with van der Waals surface area (Å²) in [6.45, 7) is 4.17. The fraction of sp³-hybridized carbons (Fsp3) is 0.125. The fourth-order valence-electron chi connectivity index (χ4n) is 3.10. The smallest absolute Gasteiger partial charge is 0.336 e. The quantitative estimate of drug-likeness (QED) is 0.479. The zero-order valence-electron chi connectivity index (χ0n) is 17.2. The first-order valence-electron chi connectivity index (χ1n) is 9.88.